The van der Waals surface area contributed by atoms with Gasteiger partial charge in [-0.15, -0.1) is 12.4 Å². The van der Waals surface area contributed by atoms with E-state index in [1.807, 2.05) is 0 Å². The number of imide groups is 1. The van der Waals surface area contributed by atoms with Crippen molar-refractivity contribution in [3.63, 3.8) is 0 Å². The number of likely N-dealkylation sites (tertiary alicyclic amines) is 1. The molecule has 166 valence electrons. The zero-order valence-electron chi connectivity index (χ0n) is 17.8. The molecule has 2 heterocycles. The van der Waals surface area contributed by atoms with Gasteiger partial charge in [0.2, 0.25) is 11.8 Å². The number of nitrogens with zero attached hydrogens (tertiary/aromatic N) is 3. The summed E-state index contributed by atoms with van der Waals surface area (Å²) in [6.07, 6.45) is 7.88. The van der Waals surface area contributed by atoms with Crippen LogP contribution in [-0.2, 0) is 9.59 Å². The lowest BCUT2D eigenvalue weighted by Crippen LogP contribution is -2.47. The predicted octanol–water partition coefficient (Wildman–Crippen LogP) is 3.48. The fraction of sp³-hybridized carbons (Fsp3) is 0.652. The van der Waals surface area contributed by atoms with Crippen LogP contribution in [0.1, 0.15) is 51.4 Å². The normalized spacial score (nSPS) is 21.1. The summed E-state index contributed by atoms with van der Waals surface area (Å²) in [5.41, 5.74) is 1.21. The number of piperazine rings is 1. The molecular weight excluding hydrogens is 402 g/mol. The lowest BCUT2D eigenvalue weighted by molar-refractivity contribution is -0.148. The second kappa shape index (κ2) is 11.0. The summed E-state index contributed by atoms with van der Waals surface area (Å²) in [5.74, 6) is 1.03. The highest BCUT2D eigenvalue weighted by Crippen LogP contribution is 2.32. The van der Waals surface area contributed by atoms with Gasteiger partial charge in [0.15, 0.2) is 0 Å². The molecule has 3 aliphatic rings. The van der Waals surface area contributed by atoms with Crippen LogP contribution in [0.3, 0.4) is 0 Å². The maximum absolute atomic E-state index is 11.9. The number of para-hydroxylation sites is 2. The molecule has 30 heavy (non-hydrogen) atoms. The molecule has 0 atom stereocenters. The van der Waals surface area contributed by atoms with Crippen LogP contribution >= 0.6 is 12.4 Å². The Morgan fingerprint density at radius 3 is 2.23 bits per heavy atom. The lowest BCUT2D eigenvalue weighted by Gasteiger charge is -2.37. The van der Waals surface area contributed by atoms with Crippen LogP contribution < -0.4 is 9.64 Å². The molecule has 0 bridgehead atoms. The Morgan fingerprint density at radius 2 is 1.53 bits per heavy atom. The number of anilines is 1. The smallest absolute Gasteiger partial charge is 0.229 e. The van der Waals surface area contributed by atoms with Crippen molar-refractivity contribution >= 4 is 29.9 Å². The van der Waals surface area contributed by atoms with Crippen molar-refractivity contribution in [1.82, 2.24) is 9.80 Å². The zero-order chi connectivity index (χ0) is 20.1. The summed E-state index contributed by atoms with van der Waals surface area (Å²) in [6, 6.07) is 8.43. The molecule has 1 aliphatic carbocycles. The highest BCUT2D eigenvalue weighted by atomic mass is 35.5. The van der Waals surface area contributed by atoms with Crippen LogP contribution in [0.5, 0.6) is 5.75 Å². The van der Waals surface area contributed by atoms with E-state index in [1.165, 1.54) is 36.3 Å². The molecule has 0 unspecified atom stereocenters. The Hall–Kier alpha value is -1.79. The molecule has 2 aliphatic heterocycles. The van der Waals surface area contributed by atoms with Gasteiger partial charge in [-0.2, -0.15) is 0 Å². The van der Waals surface area contributed by atoms with Gasteiger partial charge < -0.3 is 9.64 Å². The molecule has 0 radical (unpaired) electrons. The van der Waals surface area contributed by atoms with Gasteiger partial charge in [-0.05, 0) is 57.2 Å². The number of piperidine rings is 1. The van der Waals surface area contributed by atoms with Crippen LogP contribution in [-0.4, -0.2) is 67.0 Å². The molecule has 0 N–H and O–H groups in total. The van der Waals surface area contributed by atoms with Gasteiger partial charge in [0.05, 0.1) is 11.8 Å². The molecule has 2 amide bonds. The summed E-state index contributed by atoms with van der Waals surface area (Å²) in [4.78, 5) is 30.2. The van der Waals surface area contributed by atoms with Crippen LogP contribution in [0.4, 0.5) is 5.69 Å². The van der Waals surface area contributed by atoms with Crippen molar-refractivity contribution in [3.05, 3.63) is 24.3 Å². The van der Waals surface area contributed by atoms with E-state index in [-0.39, 0.29) is 24.2 Å². The number of rotatable bonds is 7. The summed E-state index contributed by atoms with van der Waals surface area (Å²) in [6.45, 7) is 5.46. The third-order valence-corrected chi connectivity index (χ3v) is 6.41. The molecule has 6 nitrogen and oxygen atoms in total. The Balaban J connectivity index is 0.00000256. The monoisotopic (exact) mass is 435 g/mol. The number of ether oxygens (including phenoxy) is 1. The first-order valence-electron chi connectivity index (χ1n) is 11.3. The van der Waals surface area contributed by atoms with Gasteiger partial charge in [0, 0.05) is 45.6 Å². The molecule has 2 saturated heterocycles. The molecule has 4 rings (SSSR count). The molecule has 0 aromatic heterocycles. The molecule has 1 aromatic carbocycles. The van der Waals surface area contributed by atoms with E-state index in [1.54, 1.807) is 0 Å². The van der Waals surface area contributed by atoms with Gasteiger partial charge in [0.1, 0.15) is 5.75 Å². The fourth-order valence-corrected chi connectivity index (χ4v) is 4.72. The minimum absolute atomic E-state index is 0. The minimum Gasteiger partial charge on any atom is -0.488 e. The third kappa shape index (κ3) is 5.67. The quantitative estimate of drug-likeness (QED) is 0.614. The SMILES string of the molecule is Cl.O=C1CCCC(=O)N1CCCN1CCN(c2ccccc2OC2CCCC2)CC1. The average molecular weight is 436 g/mol. The molecule has 0 spiro atoms. The molecule has 1 saturated carbocycles. The van der Waals surface area contributed by atoms with E-state index in [9.17, 15) is 9.59 Å². The lowest BCUT2D eigenvalue weighted by atomic mass is 10.1. The van der Waals surface area contributed by atoms with Gasteiger partial charge >= 0.3 is 0 Å². The summed E-state index contributed by atoms with van der Waals surface area (Å²) >= 11 is 0. The van der Waals surface area contributed by atoms with Gasteiger partial charge in [0.25, 0.3) is 0 Å². The number of halogens is 1. The van der Waals surface area contributed by atoms with Crippen molar-refractivity contribution in [3.8, 4) is 5.75 Å². The maximum atomic E-state index is 11.9. The molecular formula is C23H34ClN3O3. The molecule has 1 aromatic rings. The number of carbonyl (C=O) groups excluding carboxylic acids is 2. The summed E-state index contributed by atoms with van der Waals surface area (Å²) < 4.78 is 6.31. The maximum Gasteiger partial charge on any atom is 0.229 e. The van der Waals surface area contributed by atoms with Crippen LogP contribution in [0.2, 0.25) is 0 Å². The van der Waals surface area contributed by atoms with Gasteiger partial charge in [-0.25, -0.2) is 0 Å². The number of carbonyl (C=O) groups is 2. The van der Waals surface area contributed by atoms with Crippen molar-refractivity contribution in [2.45, 2.75) is 57.5 Å². The second-order valence-electron chi connectivity index (χ2n) is 8.47. The zero-order valence-corrected chi connectivity index (χ0v) is 18.6. The summed E-state index contributed by atoms with van der Waals surface area (Å²) in [5, 5.41) is 0. The van der Waals surface area contributed by atoms with Gasteiger partial charge in [-0.3, -0.25) is 19.4 Å². The highest BCUT2D eigenvalue weighted by Gasteiger charge is 2.26. The number of benzene rings is 1. The first-order valence-corrected chi connectivity index (χ1v) is 11.3. The van der Waals surface area contributed by atoms with Crippen LogP contribution in [0, 0.1) is 0 Å². The Labute approximate surface area is 185 Å². The van der Waals surface area contributed by atoms with Gasteiger partial charge in [-0.1, -0.05) is 12.1 Å². The fourth-order valence-electron chi connectivity index (χ4n) is 4.72. The first-order chi connectivity index (χ1) is 14.2. The Morgan fingerprint density at radius 1 is 0.867 bits per heavy atom. The van der Waals surface area contributed by atoms with E-state index in [0.29, 0.717) is 31.9 Å². The van der Waals surface area contributed by atoms with Crippen LogP contribution in [0.25, 0.3) is 0 Å². The minimum atomic E-state index is 0. The standard InChI is InChI=1S/C23H33N3O3.ClH/c27-22-11-5-12-23(28)26(22)14-6-13-24-15-17-25(18-16-24)20-9-3-4-10-21(20)29-19-7-1-2-8-19;/h3-4,9-10,19H,1-2,5-8,11-18H2;1H. The number of hydrogen-bond donors (Lipinski definition) is 0. The second-order valence-corrected chi connectivity index (χ2v) is 8.47. The van der Waals surface area contributed by atoms with Crippen LogP contribution in [0.15, 0.2) is 24.3 Å². The largest absolute Gasteiger partial charge is 0.488 e. The molecule has 7 heteroatoms. The number of amides is 2. The van der Waals surface area contributed by atoms with E-state index >= 15 is 0 Å². The van der Waals surface area contributed by atoms with E-state index in [0.717, 1.165) is 44.9 Å². The van der Waals surface area contributed by atoms with Crippen molar-refractivity contribution in [2.75, 3.05) is 44.2 Å². The van der Waals surface area contributed by atoms with E-state index in [4.69, 9.17) is 4.74 Å². The van der Waals surface area contributed by atoms with E-state index < -0.39 is 0 Å². The first kappa shape index (κ1) is 22.9. The third-order valence-electron chi connectivity index (χ3n) is 6.41. The Kier molecular flexibility index (Phi) is 8.40. The predicted molar refractivity (Wildman–Crippen MR) is 120 cm³/mol. The van der Waals surface area contributed by atoms with Crippen molar-refractivity contribution in [1.29, 1.82) is 0 Å². The summed E-state index contributed by atoms with van der Waals surface area (Å²) in [7, 11) is 0. The highest BCUT2D eigenvalue weighted by molar-refractivity contribution is 5.97. The average Bonchev–Trinajstić information content (AvgIpc) is 3.24. The topological polar surface area (TPSA) is 53.1 Å². The number of hydrogen-bond acceptors (Lipinski definition) is 5. The molecule has 3 fully saturated rings. The van der Waals surface area contributed by atoms with Crippen molar-refractivity contribution in [2.24, 2.45) is 0 Å². The Bertz CT molecular complexity index is 699. The van der Waals surface area contributed by atoms with E-state index in [2.05, 4.69) is 34.1 Å². The van der Waals surface area contributed by atoms with Crippen molar-refractivity contribution < 1.29 is 14.3 Å².